The number of hydrogen-bond acceptors (Lipinski definition) is 3. The van der Waals surface area contributed by atoms with Gasteiger partial charge in [0.2, 0.25) is 0 Å². The molecule has 0 aliphatic heterocycles. The monoisotopic (exact) mass is 242 g/mol. The highest BCUT2D eigenvalue weighted by Crippen LogP contribution is 2.26. The maximum atomic E-state index is 13.4. The number of aryl methyl sites for hydroxylation is 1. The summed E-state index contributed by atoms with van der Waals surface area (Å²) < 4.78 is 13.4. The third-order valence-corrected chi connectivity index (χ3v) is 2.89. The Kier molecular flexibility index (Phi) is 4.06. The van der Waals surface area contributed by atoms with Crippen molar-refractivity contribution in [1.82, 2.24) is 0 Å². The first kappa shape index (κ1) is 12.7. The number of benzene rings is 1. The summed E-state index contributed by atoms with van der Waals surface area (Å²) in [7, 11) is 0. The molecular formula is C11H11FO3S. The lowest BCUT2D eigenvalue weighted by molar-refractivity contribution is -0.136. The van der Waals surface area contributed by atoms with E-state index in [4.69, 9.17) is 5.11 Å². The van der Waals surface area contributed by atoms with E-state index in [9.17, 15) is 14.0 Å². The van der Waals surface area contributed by atoms with Crippen LogP contribution in [0.2, 0.25) is 0 Å². The maximum Gasteiger partial charge on any atom is 0.307 e. The third kappa shape index (κ3) is 3.34. The fraction of sp³-hybridized carbons (Fsp3) is 0.273. The van der Waals surface area contributed by atoms with Gasteiger partial charge >= 0.3 is 5.97 Å². The number of carbonyl (C=O) groups is 2. The lowest BCUT2D eigenvalue weighted by atomic mass is 10.1. The van der Waals surface area contributed by atoms with Crippen molar-refractivity contribution in [3.05, 3.63) is 29.1 Å². The Hall–Kier alpha value is -1.36. The second-order valence-electron chi connectivity index (χ2n) is 3.37. The summed E-state index contributed by atoms with van der Waals surface area (Å²) in [6, 6.07) is 2.68. The predicted octanol–water partition coefficient (Wildman–Crippen LogP) is 2.40. The first-order valence-electron chi connectivity index (χ1n) is 4.59. The molecule has 0 unspecified atom stereocenters. The van der Waals surface area contributed by atoms with Crippen LogP contribution in [0.4, 0.5) is 4.39 Å². The van der Waals surface area contributed by atoms with Crippen LogP contribution in [0.25, 0.3) is 0 Å². The Labute approximate surface area is 96.7 Å². The number of halogens is 1. The highest BCUT2D eigenvalue weighted by Gasteiger charge is 2.11. The van der Waals surface area contributed by atoms with Gasteiger partial charge in [-0.15, -0.1) is 0 Å². The SMILES string of the molecule is CC(=O)Sc1cc(CC(=O)O)c(F)cc1C. The molecule has 3 nitrogen and oxygen atoms in total. The second-order valence-corrected chi connectivity index (χ2v) is 4.59. The zero-order valence-electron chi connectivity index (χ0n) is 8.91. The number of hydrogen-bond donors (Lipinski definition) is 1. The second kappa shape index (κ2) is 5.12. The van der Waals surface area contributed by atoms with E-state index in [1.165, 1.54) is 19.1 Å². The molecule has 86 valence electrons. The van der Waals surface area contributed by atoms with Crippen LogP contribution >= 0.6 is 11.8 Å². The molecule has 0 bridgehead atoms. The smallest absolute Gasteiger partial charge is 0.307 e. The molecule has 5 heteroatoms. The minimum atomic E-state index is -1.10. The van der Waals surface area contributed by atoms with E-state index in [1.54, 1.807) is 6.92 Å². The Morgan fingerprint density at radius 1 is 1.44 bits per heavy atom. The van der Waals surface area contributed by atoms with Crippen LogP contribution in [0.5, 0.6) is 0 Å². The Balaban J connectivity index is 3.10. The standard InChI is InChI=1S/C11H11FO3S/c1-6-3-9(12)8(5-11(14)15)4-10(6)16-7(2)13/h3-4H,5H2,1-2H3,(H,14,15). The van der Waals surface area contributed by atoms with Crippen molar-refractivity contribution < 1.29 is 19.1 Å². The van der Waals surface area contributed by atoms with E-state index in [2.05, 4.69) is 0 Å². The summed E-state index contributed by atoms with van der Waals surface area (Å²) in [6.45, 7) is 3.09. The third-order valence-electron chi connectivity index (χ3n) is 1.94. The fourth-order valence-corrected chi connectivity index (χ4v) is 1.99. The minimum absolute atomic E-state index is 0.0989. The molecular weight excluding hydrogens is 231 g/mol. The van der Waals surface area contributed by atoms with E-state index in [1.807, 2.05) is 0 Å². The molecule has 0 heterocycles. The predicted molar refractivity (Wildman–Crippen MR) is 59.0 cm³/mol. The quantitative estimate of drug-likeness (QED) is 0.827. The Bertz CT molecular complexity index is 406. The van der Waals surface area contributed by atoms with Crippen molar-refractivity contribution in [3.8, 4) is 0 Å². The van der Waals surface area contributed by atoms with E-state index in [0.29, 0.717) is 10.5 Å². The van der Waals surface area contributed by atoms with E-state index < -0.39 is 11.8 Å². The lowest BCUT2D eigenvalue weighted by Crippen LogP contribution is -2.03. The van der Waals surface area contributed by atoms with Crippen molar-refractivity contribution >= 4 is 22.8 Å². The van der Waals surface area contributed by atoms with Gasteiger partial charge in [0.05, 0.1) is 6.42 Å². The van der Waals surface area contributed by atoms with Gasteiger partial charge in [0.15, 0.2) is 5.12 Å². The van der Waals surface area contributed by atoms with Gasteiger partial charge in [0.25, 0.3) is 0 Å². The molecule has 0 aliphatic rings. The average molecular weight is 242 g/mol. The molecule has 1 N–H and O–H groups in total. The van der Waals surface area contributed by atoms with Crippen molar-refractivity contribution in [2.45, 2.75) is 25.2 Å². The van der Waals surface area contributed by atoms with Crippen LogP contribution in [0.1, 0.15) is 18.1 Å². The number of aliphatic carboxylic acids is 1. The molecule has 16 heavy (non-hydrogen) atoms. The van der Waals surface area contributed by atoms with Gasteiger partial charge < -0.3 is 5.11 Å². The van der Waals surface area contributed by atoms with Crippen LogP contribution in [-0.2, 0) is 16.0 Å². The Morgan fingerprint density at radius 3 is 2.56 bits per heavy atom. The largest absolute Gasteiger partial charge is 0.481 e. The molecule has 0 radical (unpaired) electrons. The molecule has 0 spiro atoms. The number of carbonyl (C=O) groups excluding carboxylic acids is 1. The minimum Gasteiger partial charge on any atom is -0.481 e. The summed E-state index contributed by atoms with van der Waals surface area (Å²) in [5.41, 5.74) is 0.730. The first-order valence-corrected chi connectivity index (χ1v) is 5.41. The van der Waals surface area contributed by atoms with Crippen molar-refractivity contribution in [2.24, 2.45) is 0 Å². The molecule has 0 saturated carbocycles. The topological polar surface area (TPSA) is 54.4 Å². The van der Waals surface area contributed by atoms with Gasteiger partial charge in [-0.25, -0.2) is 4.39 Å². The van der Waals surface area contributed by atoms with Crippen LogP contribution in [-0.4, -0.2) is 16.2 Å². The van der Waals surface area contributed by atoms with Crippen molar-refractivity contribution in [3.63, 3.8) is 0 Å². The zero-order valence-corrected chi connectivity index (χ0v) is 9.73. The molecule has 0 saturated heterocycles. The number of carboxylic acids is 1. The first-order chi connectivity index (χ1) is 7.40. The molecule has 1 aromatic carbocycles. The fourth-order valence-electron chi connectivity index (χ4n) is 1.26. The van der Waals surface area contributed by atoms with Gasteiger partial charge in [-0.2, -0.15) is 0 Å². The molecule has 1 aromatic rings. The van der Waals surface area contributed by atoms with Gasteiger partial charge in [-0.3, -0.25) is 9.59 Å². The van der Waals surface area contributed by atoms with E-state index in [0.717, 1.165) is 11.8 Å². The average Bonchev–Trinajstić information content (AvgIpc) is 2.11. The lowest BCUT2D eigenvalue weighted by Gasteiger charge is -2.07. The highest BCUT2D eigenvalue weighted by atomic mass is 32.2. The summed E-state index contributed by atoms with van der Waals surface area (Å²) in [4.78, 5) is 22.0. The van der Waals surface area contributed by atoms with E-state index >= 15 is 0 Å². The molecule has 1 rings (SSSR count). The molecule has 0 aromatic heterocycles. The number of rotatable bonds is 3. The molecule has 0 amide bonds. The molecule has 0 fully saturated rings. The van der Waals surface area contributed by atoms with Gasteiger partial charge in [0.1, 0.15) is 5.82 Å². The maximum absolute atomic E-state index is 13.4. The van der Waals surface area contributed by atoms with Crippen LogP contribution < -0.4 is 0 Å². The van der Waals surface area contributed by atoms with Gasteiger partial charge in [0, 0.05) is 17.4 Å². The summed E-state index contributed by atoms with van der Waals surface area (Å²) in [6.07, 6.45) is -0.377. The van der Waals surface area contributed by atoms with Gasteiger partial charge in [-0.1, -0.05) is 11.8 Å². The van der Waals surface area contributed by atoms with Crippen LogP contribution in [0.3, 0.4) is 0 Å². The normalized spacial score (nSPS) is 10.2. The van der Waals surface area contributed by atoms with E-state index in [-0.39, 0.29) is 17.1 Å². The Morgan fingerprint density at radius 2 is 2.06 bits per heavy atom. The van der Waals surface area contributed by atoms with Crippen molar-refractivity contribution in [2.75, 3.05) is 0 Å². The van der Waals surface area contributed by atoms with Gasteiger partial charge in [-0.05, 0) is 24.6 Å². The summed E-state index contributed by atoms with van der Waals surface area (Å²) >= 11 is 0.977. The number of thioether (sulfide) groups is 1. The van der Waals surface area contributed by atoms with Crippen LogP contribution in [0.15, 0.2) is 17.0 Å². The molecule has 0 atom stereocenters. The highest BCUT2D eigenvalue weighted by molar-refractivity contribution is 8.13. The summed E-state index contributed by atoms with van der Waals surface area (Å²) in [5, 5.41) is 8.48. The zero-order chi connectivity index (χ0) is 12.3. The van der Waals surface area contributed by atoms with Crippen molar-refractivity contribution in [1.29, 1.82) is 0 Å². The summed E-state index contributed by atoms with van der Waals surface area (Å²) in [5.74, 6) is -1.64. The molecule has 0 aliphatic carbocycles. The number of carboxylic acid groups (broad SMARTS) is 1. The van der Waals surface area contributed by atoms with Crippen LogP contribution in [0, 0.1) is 12.7 Å².